The van der Waals surface area contributed by atoms with Crippen molar-refractivity contribution in [2.45, 2.75) is 18.9 Å². The van der Waals surface area contributed by atoms with Gasteiger partial charge in [-0.3, -0.25) is 14.9 Å². The molecule has 1 aromatic heterocycles. The summed E-state index contributed by atoms with van der Waals surface area (Å²) in [6.07, 6.45) is 3.80. The number of carbonyl (C=O) groups is 3. The predicted molar refractivity (Wildman–Crippen MR) is 106 cm³/mol. The van der Waals surface area contributed by atoms with E-state index in [1.54, 1.807) is 42.1 Å². The molecule has 0 radical (unpaired) electrons. The molecule has 1 aliphatic heterocycles. The topological polar surface area (TPSA) is 105 Å². The Labute approximate surface area is 166 Å². The summed E-state index contributed by atoms with van der Waals surface area (Å²) >= 11 is 0. The molecule has 3 N–H and O–H groups in total. The lowest BCUT2D eigenvalue weighted by atomic mass is 9.92. The van der Waals surface area contributed by atoms with E-state index >= 15 is 0 Å². The van der Waals surface area contributed by atoms with Gasteiger partial charge in [-0.2, -0.15) is 5.10 Å². The quantitative estimate of drug-likeness (QED) is 0.581. The maximum Gasteiger partial charge on any atom is 0.322 e. The van der Waals surface area contributed by atoms with Gasteiger partial charge in [-0.05, 0) is 48.4 Å². The summed E-state index contributed by atoms with van der Waals surface area (Å²) in [4.78, 5) is 35.8. The van der Waals surface area contributed by atoms with Crippen LogP contribution in [0.3, 0.4) is 0 Å². The Morgan fingerprint density at radius 3 is 2.41 bits per heavy atom. The lowest BCUT2D eigenvalue weighted by Gasteiger charge is -2.21. The number of aromatic nitrogens is 2. The lowest BCUT2D eigenvalue weighted by Crippen LogP contribution is -2.40. The molecule has 8 nitrogen and oxygen atoms in total. The zero-order valence-corrected chi connectivity index (χ0v) is 15.7. The molecular formula is C21H19N5O3. The fraction of sp³-hybridized carbons (Fsp3) is 0.143. The van der Waals surface area contributed by atoms with E-state index in [0.717, 1.165) is 11.3 Å². The molecule has 2 heterocycles. The van der Waals surface area contributed by atoms with Gasteiger partial charge in [0, 0.05) is 18.1 Å². The van der Waals surface area contributed by atoms with Gasteiger partial charge >= 0.3 is 6.03 Å². The van der Waals surface area contributed by atoms with E-state index < -0.39 is 17.5 Å². The zero-order chi connectivity index (χ0) is 20.4. The number of benzene rings is 2. The van der Waals surface area contributed by atoms with Crippen LogP contribution in [0, 0.1) is 0 Å². The summed E-state index contributed by atoms with van der Waals surface area (Å²) in [5.74, 6) is -0.555. The molecule has 3 aromatic rings. The average Bonchev–Trinajstić information content (AvgIpc) is 3.31. The lowest BCUT2D eigenvalue weighted by molar-refractivity contribution is -0.123. The highest BCUT2D eigenvalue weighted by Gasteiger charge is 2.43. The number of carbonyl (C=O) groups excluding carboxylic acids is 3. The minimum atomic E-state index is -1.12. The number of imide groups is 1. The van der Waals surface area contributed by atoms with Crippen LogP contribution < -0.4 is 16.0 Å². The largest absolute Gasteiger partial charge is 0.326 e. The first-order chi connectivity index (χ1) is 13.9. The van der Waals surface area contributed by atoms with Crippen LogP contribution in [0.1, 0.15) is 18.1 Å². The van der Waals surface area contributed by atoms with Crippen molar-refractivity contribution >= 4 is 23.5 Å². The summed E-state index contributed by atoms with van der Waals surface area (Å²) in [5.41, 5.74) is 1.93. The molecule has 0 aliphatic carbocycles. The van der Waals surface area contributed by atoms with Crippen LogP contribution in [0.5, 0.6) is 0 Å². The van der Waals surface area contributed by atoms with Crippen LogP contribution in [-0.2, 0) is 21.5 Å². The second-order valence-corrected chi connectivity index (χ2v) is 6.95. The fourth-order valence-electron chi connectivity index (χ4n) is 3.21. The van der Waals surface area contributed by atoms with E-state index in [0.29, 0.717) is 11.3 Å². The monoisotopic (exact) mass is 389 g/mol. The molecule has 1 saturated heterocycles. The van der Waals surface area contributed by atoms with Crippen LogP contribution in [0.4, 0.5) is 10.5 Å². The van der Waals surface area contributed by atoms with Crippen molar-refractivity contribution in [3.63, 3.8) is 0 Å². The van der Waals surface area contributed by atoms with Crippen molar-refractivity contribution in [2.24, 2.45) is 0 Å². The second-order valence-electron chi connectivity index (χ2n) is 6.95. The summed E-state index contributed by atoms with van der Waals surface area (Å²) in [7, 11) is 0. The second kappa shape index (κ2) is 7.23. The number of amides is 4. The summed E-state index contributed by atoms with van der Waals surface area (Å²) in [5, 5.41) is 11.8. The summed E-state index contributed by atoms with van der Waals surface area (Å²) in [6, 6.07) is 15.8. The predicted octanol–water partition coefficient (Wildman–Crippen LogP) is 2.11. The molecule has 0 saturated carbocycles. The van der Waals surface area contributed by atoms with E-state index in [-0.39, 0.29) is 12.3 Å². The van der Waals surface area contributed by atoms with Gasteiger partial charge in [0.2, 0.25) is 5.91 Å². The first-order valence-electron chi connectivity index (χ1n) is 9.07. The van der Waals surface area contributed by atoms with E-state index in [2.05, 4.69) is 21.0 Å². The van der Waals surface area contributed by atoms with E-state index in [1.807, 2.05) is 36.5 Å². The molecule has 8 heteroatoms. The molecule has 1 atom stereocenters. The van der Waals surface area contributed by atoms with Crippen LogP contribution >= 0.6 is 0 Å². The van der Waals surface area contributed by atoms with Gasteiger partial charge in [0.05, 0.1) is 12.1 Å². The van der Waals surface area contributed by atoms with Crippen molar-refractivity contribution in [2.75, 3.05) is 5.32 Å². The van der Waals surface area contributed by atoms with Crippen LogP contribution in [0.15, 0.2) is 67.0 Å². The zero-order valence-electron chi connectivity index (χ0n) is 15.7. The normalized spacial score (nSPS) is 18.2. The van der Waals surface area contributed by atoms with Gasteiger partial charge in [0.25, 0.3) is 5.91 Å². The molecule has 29 heavy (non-hydrogen) atoms. The molecule has 4 amide bonds. The third-order valence-electron chi connectivity index (χ3n) is 4.86. The smallest absolute Gasteiger partial charge is 0.322 e. The molecule has 4 rings (SSSR count). The molecule has 0 unspecified atom stereocenters. The van der Waals surface area contributed by atoms with E-state index in [9.17, 15) is 14.4 Å². The van der Waals surface area contributed by atoms with Crippen molar-refractivity contribution in [3.8, 4) is 5.69 Å². The van der Waals surface area contributed by atoms with Gasteiger partial charge < -0.3 is 10.6 Å². The standard InChI is InChI=1S/C21H19N5O3/c1-21(19(28)24-20(29)25-21)15-5-7-16(8-6-15)23-18(27)13-14-3-9-17(10-4-14)26-12-2-11-22-26/h2-12H,13H2,1H3,(H,23,27)(H2,24,25,28,29)/t21-/m0/s1. The minimum absolute atomic E-state index is 0.150. The average molecular weight is 389 g/mol. The molecule has 1 aliphatic rings. The van der Waals surface area contributed by atoms with E-state index in [4.69, 9.17) is 0 Å². The fourth-order valence-corrected chi connectivity index (χ4v) is 3.21. The molecule has 2 aromatic carbocycles. The molecular weight excluding hydrogens is 370 g/mol. The number of hydrogen-bond donors (Lipinski definition) is 3. The highest BCUT2D eigenvalue weighted by Crippen LogP contribution is 2.25. The molecule has 0 spiro atoms. The van der Waals surface area contributed by atoms with Gasteiger partial charge in [-0.25, -0.2) is 9.48 Å². The van der Waals surface area contributed by atoms with Gasteiger partial charge in [0.1, 0.15) is 5.54 Å². The van der Waals surface area contributed by atoms with Gasteiger partial charge in [0.15, 0.2) is 0 Å². The SMILES string of the molecule is C[C@@]1(c2ccc(NC(=O)Cc3ccc(-n4cccn4)cc3)cc2)NC(=O)NC1=O. The van der Waals surface area contributed by atoms with Crippen LogP contribution in [0.2, 0.25) is 0 Å². The van der Waals surface area contributed by atoms with Crippen molar-refractivity contribution in [1.82, 2.24) is 20.4 Å². The van der Waals surface area contributed by atoms with Crippen LogP contribution in [0.25, 0.3) is 5.69 Å². The third-order valence-corrected chi connectivity index (χ3v) is 4.86. The van der Waals surface area contributed by atoms with Gasteiger partial charge in [-0.1, -0.05) is 24.3 Å². The number of nitrogens with zero attached hydrogens (tertiary/aromatic N) is 2. The Bertz CT molecular complexity index is 1060. The Kier molecular flexibility index (Phi) is 4.59. The Balaban J connectivity index is 1.39. The summed E-state index contributed by atoms with van der Waals surface area (Å²) < 4.78 is 1.75. The molecule has 146 valence electrons. The van der Waals surface area contributed by atoms with Crippen LogP contribution in [-0.4, -0.2) is 27.6 Å². The third kappa shape index (κ3) is 3.73. The van der Waals surface area contributed by atoms with Crippen molar-refractivity contribution in [3.05, 3.63) is 78.1 Å². The Morgan fingerprint density at radius 1 is 1.10 bits per heavy atom. The Hall–Kier alpha value is -3.94. The maximum absolute atomic E-state index is 12.3. The van der Waals surface area contributed by atoms with Crippen molar-refractivity contribution in [1.29, 1.82) is 0 Å². The number of rotatable bonds is 5. The first kappa shape index (κ1) is 18.4. The first-order valence-corrected chi connectivity index (χ1v) is 9.07. The number of hydrogen-bond acceptors (Lipinski definition) is 4. The number of urea groups is 1. The van der Waals surface area contributed by atoms with Gasteiger partial charge in [-0.15, -0.1) is 0 Å². The summed E-state index contributed by atoms with van der Waals surface area (Å²) in [6.45, 7) is 1.63. The molecule has 0 bridgehead atoms. The minimum Gasteiger partial charge on any atom is -0.326 e. The highest BCUT2D eigenvalue weighted by atomic mass is 16.2. The molecule has 1 fully saturated rings. The van der Waals surface area contributed by atoms with E-state index in [1.165, 1.54) is 0 Å². The highest BCUT2D eigenvalue weighted by molar-refractivity contribution is 6.07. The Morgan fingerprint density at radius 2 is 1.83 bits per heavy atom. The van der Waals surface area contributed by atoms with Crippen molar-refractivity contribution < 1.29 is 14.4 Å². The maximum atomic E-state index is 12.3. The number of anilines is 1. The number of nitrogens with one attached hydrogen (secondary N) is 3.